The van der Waals surface area contributed by atoms with Crippen LogP contribution in [0.5, 0.6) is 0 Å². The number of hydrogen-bond acceptors (Lipinski definition) is 4. The molecule has 0 radical (unpaired) electrons. The molecule has 0 aromatic carbocycles. The Labute approximate surface area is 118 Å². The molecule has 2 amide bonds. The van der Waals surface area contributed by atoms with Crippen LogP contribution in [0, 0.1) is 11.8 Å². The molecule has 1 aliphatic carbocycles. The van der Waals surface area contributed by atoms with Gasteiger partial charge < -0.3 is 19.3 Å². The molecule has 0 bridgehead atoms. The Morgan fingerprint density at radius 2 is 1.20 bits per heavy atom. The largest absolute Gasteiger partial charge is 0.378 e. The van der Waals surface area contributed by atoms with E-state index in [4.69, 9.17) is 9.47 Å². The van der Waals surface area contributed by atoms with Gasteiger partial charge in [-0.2, -0.15) is 0 Å². The van der Waals surface area contributed by atoms with E-state index in [1.54, 1.807) is 9.80 Å². The van der Waals surface area contributed by atoms with E-state index in [9.17, 15) is 9.59 Å². The second-order valence-corrected chi connectivity index (χ2v) is 5.41. The van der Waals surface area contributed by atoms with Crippen LogP contribution < -0.4 is 0 Å². The van der Waals surface area contributed by atoms with Crippen molar-refractivity contribution in [3.05, 3.63) is 12.2 Å². The van der Waals surface area contributed by atoms with E-state index < -0.39 is 0 Å². The first kappa shape index (κ1) is 13.6. The fraction of sp³-hybridized carbons (Fsp3) is 0.714. The molecule has 3 fully saturated rings. The Morgan fingerprint density at radius 1 is 0.850 bits per heavy atom. The molecule has 3 aliphatic rings. The second-order valence-electron chi connectivity index (χ2n) is 5.41. The molecule has 6 heteroatoms. The van der Waals surface area contributed by atoms with E-state index in [-0.39, 0.29) is 23.7 Å². The highest BCUT2D eigenvalue weighted by Crippen LogP contribution is 2.46. The van der Waals surface area contributed by atoms with Gasteiger partial charge in [0, 0.05) is 26.2 Å². The molecule has 110 valence electrons. The van der Waals surface area contributed by atoms with Crippen molar-refractivity contribution in [2.45, 2.75) is 0 Å². The number of morpholine rings is 2. The Balaban J connectivity index is 1.60. The van der Waals surface area contributed by atoms with Gasteiger partial charge in [0.25, 0.3) is 0 Å². The molecule has 20 heavy (non-hydrogen) atoms. The first-order valence-corrected chi connectivity index (χ1v) is 7.12. The summed E-state index contributed by atoms with van der Waals surface area (Å²) < 4.78 is 10.5. The van der Waals surface area contributed by atoms with Gasteiger partial charge in [0.15, 0.2) is 0 Å². The summed E-state index contributed by atoms with van der Waals surface area (Å²) in [5.74, 6) is -0.568. The third-order valence-electron chi connectivity index (χ3n) is 4.20. The van der Waals surface area contributed by atoms with Crippen LogP contribution in [0.3, 0.4) is 0 Å². The minimum atomic E-state index is -0.316. The van der Waals surface area contributed by atoms with Crippen molar-refractivity contribution in [1.29, 1.82) is 0 Å². The summed E-state index contributed by atoms with van der Waals surface area (Å²) in [7, 11) is 0. The highest BCUT2D eigenvalue weighted by atomic mass is 16.5. The standard InChI is InChI=1S/C14H20N2O4/c1-10-11(13(17)15-2-6-19-7-3-15)12(10)14(18)16-4-8-20-9-5-16/h11-12H,1-9H2/t11-,12-/m0/s1. The minimum absolute atomic E-state index is 0.0323. The Bertz CT molecular complexity index is 387. The summed E-state index contributed by atoms with van der Waals surface area (Å²) in [6, 6.07) is 0. The van der Waals surface area contributed by atoms with Gasteiger partial charge in [-0.15, -0.1) is 0 Å². The number of nitrogens with zero attached hydrogens (tertiary/aromatic N) is 2. The van der Waals surface area contributed by atoms with Gasteiger partial charge in [0.2, 0.25) is 11.8 Å². The molecule has 0 aromatic heterocycles. The first-order chi connectivity index (χ1) is 9.70. The maximum Gasteiger partial charge on any atom is 0.231 e. The zero-order chi connectivity index (χ0) is 14.1. The summed E-state index contributed by atoms with van der Waals surface area (Å²) >= 11 is 0. The van der Waals surface area contributed by atoms with Crippen molar-refractivity contribution in [1.82, 2.24) is 9.80 Å². The lowest BCUT2D eigenvalue weighted by atomic mass is 10.2. The molecule has 1 saturated carbocycles. The molecule has 2 aliphatic heterocycles. The molecular weight excluding hydrogens is 260 g/mol. The Kier molecular flexibility index (Phi) is 3.76. The summed E-state index contributed by atoms with van der Waals surface area (Å²) in [6.45, 7) is 8.66. The third-order valence-corrected chi connectivity index (χ3v) is 4.20. The predicted octanol–water partition coefficient (Wildman–Crippen LogP) is -0.494. The summed E-state index contributed by atoms with van der Waals surface area (Å²) in [4.78, 5) is 28.3. The van der Waals surface area contributed by atoms with Crippen LogP contribution in [0.25, 0.3) is 0 Å². The lowest BCUT2D eigenvalue weighted by Crippen LogP contribution is -2.44. The van der Waals surface area contributed by atoms with E-state index >= 15 is 0 Å². The maximum atomic E-state index is 12.4. The number of carbonyl (C=O) groups is 2. The van der Waals surface area contributed by atoms with Crippen molar-refractivity contribution >= 4 is 11.8 Å². The molecule has 0 unspecified atom stereocenters. The number of amides is 2. The van der Waals surface area contributed by atoms with Crippen LogP contribution in [-0.4, -0.2) is 74.2 Å². The van der Waals surface area contributed by atoms with E-state index in [1.165, 1.54) is 0 Å². The van der Waals surface area contributed by atoms with Gasteiger partial charge >= 0.3 is 0 Å². The van der Waals surface area contributed by atoms with Crippen LogP contribution in [-0.2, 0) is 19.1 Å². The molecule has 6 nitrogen and oxygen atoms in total. The maximum absolute atomic E-state index is 12.4. The van der Waals surface area contributed by atoms with Crippen molar-refractivity contribution in [2.75, 3.05) is 52.6 Å². The molecular formula is C14H20N2O4. The van der Waals surface area contributed by atoms with Crippen molar-refractivity contribution in [3.8, 4) is 0 Å². The average Bonchev–Trinajstić information content (AvgIpc) is 3.18. The van der Waals surface area contributed by atoms with Gasteiger partial charge in [-0.25, -0.2) is 0 Å². The predicted molar refractivity (Wildman–Crippen MR) is 70.9 cm³/mol. The number of hydrogen-bond donors (Lipinski definition) is 0. The molecule has 0 N–H and O–H groups in total. The summed E-state index contributed by atoms with van der Waals surface area (Å²) in [5, 5.41) is 0. The SMILES string of the molecule is C=C1[C@H](C(=O)N2CCOCC2)[C@H]1C(=O)N1CCOCC1. The van der Waals surface area contributed by atoms with Crippen LogP contribution >= 0.6 is 0 Å². The Hall–Kier alpha value is -1.40. The van der Waals surface area contributed by atoms with Crippen molar-refractivity contribution in [3.63, 3.8) is 0 Å². The second kappa shape index (κ2) is 5.54. The molecule has 2 saturated heterocycles. The number of ether oxygens (including phenoxy) is 2. The van der Waals surface area contributed by atoms with Crippen LogP contribution in [0.1, 0.15) is 0 Å². The fourth-order valence-corrected chi connectivity index (χ4v) is 2.88. The molecule has 2 atom stereocenters. The Morgan fingerprint density at radius 3 is 1.55 bits per heavy atom. The quantitative estimate of drug-likeness (QED) is 0.640. The van der Waals surface area contributed by atoms with Crippen LogP contribution in [0.15, 0.2) is 12.2 Å². The lowest BCUT2D eigenvalue weighted by Gasteiger charge is -2.28. The van der Waals surface area contributed by atoms with Gasteiger partial charge in [0.05, 0.1) is 38.3 Å². The summed E-state index contributed by atoms with van der Waals surface area (Å²) in [6.07, 6.45) is 0. The van der Waals surface area contributed by atoms with Gasteiger partial charge in [0.1, 0.15) is 0 Å². The molecule has 3 rings (SSSR count). The zero-order valence-electron chi connectivity index (χ0n) is 11.5. The molecule has 0 spiro atoms. The number of carbonyl (C=O) groups excluding carboxylic acids is 2. The van der Waals surface area contributed by atoms with E-state index in [0.29, 0.717) is 52.6 Å². The van der Waals surface area contributed by atoms with Gasteiger partial charge in [-0.1, -0.05) is 12.2 Å². The number of rotatable bonds is 2. The van der Waals surface area contributed by atoms with Gasteiger partial charge in [-0.05, 0) is 0 Å². The monoisotopic (exact) mass is 280 g/mol. The van der Waals surface area contributed by atoms with Crippen molar-refractivity contribution < 1.29 is 19.1 Å². The van der Waals surface area contributed by atoms with Gasteiger partial charge in [-0.3, -0.25) is 9.59 Å². The highest BCUT2D eigenvalue weighted by Gasteiger charge is 2.55. The fourth-order valence-electron chi connectivity index (χ4n) is 2.88. The van der Waals surface area contributed by atoms with Crippen LogP contribution in [0.4, 0.5) is 0 Å². The van der Waals surface area contributed by atoms with E-state index in [2.05, 4.69) is 6.58 Å². The summed E-state index contributed by atoms with van der Waals surface area (Å²) in [5.41, 5.74) is 0.762. The minimum Gasteiger partial charge on any atom is -0.378 e. The normalized spacial score (nSPS) is 30.3. The smallest absolute Gasteiger partial charge is 0.231 e. The zero-order valence-corrected chi connectivity index (χ0v) is 11.5. The van der Waals surface area contributed by atoms with Crippen molar-refractivity contribution in [2.24, 2.45) is 11.8 Å². The third kappa shape index (κ3) is 2.45. The topological polar surface area (TPSA) is 59.1 Å². The van der Waals surface area contributed by atoms with Crippen LogP contribution in [0.2, 0.25) is 0 Å². The van der Waals surface area contributed by atoms with E-state index in [1.807, 2.05) is 0 Å². The molecule has 0 aromatic rings. The van der Waals surface area contributed by atoms with E-state index in [0.717, 1.165) is 5.57 Å². The highest BCUT2D eigenvalue weighted by molar-refractivity contribution is 5.99. The average molecular weight is 280 g/mol. The molecule has 2 heterocycles. The first-order valence-electron chi connectivity index (χ1n) is 7.12. The lowest BCUT2D eigenvalue weighted by molar-refractivity contribution is -0.142.